The van der Waals surface area contributed by atoms with Crippen LogP contribution in [-0.4, -0.2) is 13.4 Å². The quantitative estimate of drug-likeness (QED) is 0.762. The van der Waals surface area contributed by atoms with Gasteiger partial charge in [-0.3, -0.25) is 4.72 Å². The molecule has 0 aliphatic carbocycles. The summed E-state index contributed by atoms with van der Waals surface area (Å²) in [5.41, 5.74) is 0. The zero-order valence-corrected chi connectivity index (χ0v) is 13.5. The van der Waals surface area contributed by atoms with E-state index in [4.69, 9.17) is 23.2 Å². The van der Waals surface area contributed by atoms with Gasteiger partial charge in [0.2, 0.25) is 0 Å². The molecule has 0 amide bonds. The Balaban J connectivity index is 2.09. The van der Waals surface area contributed by atoms with Gasteiger partial charge in [0, 0.05) is 11.6 Å². The van der Waals surface area contributed by atoms with E-state index in [9.17, 15) is 8.42 Å². The van der Waals surface area contributed by atoms with Crippen LogP contribution in [0.25, 0.3) is 10.8 Å². The zero-order valence-electron chi connectivity index (χ0n) is 11.1. The van der Waals surface area contributed by atoms with Crippen molar-refractivity contribution in [2.24, 2.45) is 0 Å². The van der Waals surface area contributed by atoms with E-state index in [-0.39, 0.29) is 15.7 Å². The lowest BCUT2D eigenvalue weighted by Gasteiger charge is -2.11. The van der Waals surface area contributed by atoms with Gasteiger partial charge in [-0.15, -0.1) is 0 Å². The molecule has 3 aromatic rings. The number of aromatic nitrogens is 1. The molecule has 0 aliphatic rings. The molecule has 0 aliphatic heterocycles. The number of fused-ring (bicyclic) bond motifs is 1. The molecule has 0 saturated heterocycles. The monoisotopic (exact) mass is 352 g/mol. The molecule has 4 nitrogen and oxygen atoms in total. The molecule has 1 N–H and O–H groups in total. The first-order chi connectivity index (χ1) is 10.5. The molecular formula is C15H10Cl2N2O2S. The van der Waals surface area contributed by atoms with Gasteiger partial charge in [0.15, 0.2) is 5.82 Å². The predicted octanol–water partition coefficient (Wildman–Crippen LogP) is 4.34. The molecular weight excluding hydrogens is 343 g/mol. The third-order valence-corrected chi connectivity index (χ3v) is 4.97. The Labute approximate surface area is 137 Å². The molecule has 0 radical (unpaired) electrons. The van der Waals surface area contributed by atoms with E-state index in [1.54, 1.807) is 18.2 Å². The van der Waals surface area contributed by atoms with E-state index in [1.807, 2.05) is 18.2 Å². The van der Waals surface area contributed by atoms with Gasteiger partial charge in [-0.25, -0.2) is 13.4 Å². The highest BCUT2D eigenvalue weighted by Crippen LogP contribution is 2.28. The van der Waals surface area contributed by atoms with Crippen LogP contribution in [0.2, 0.25) is 10.0 Å². The lowest BCUT2D eigenvalue weighted by molar-refractivity contribution is 0.602. The van der Waals surface area contributed by atoms with Gasteiger partial charge in [0.25, 0.3) is 10.0 Å². The number of rotatable bonds is 3. The van der Waals surface area contributed by atoms with E-state index in [2.05, 4.69) is 9.71 Å². The average molecular weight is 353 g/mol. The summed E-state index contributed by atoms with van der Waals surface area (Å²) in [7, 11) is -3.82. The SMILES string of the molecule is O=S(=O)(Nc1ncc(Cl)cc1Cl)c1cccc2ccccc12. The summed E-state index contributed by atoms with van der Waals surface area (Å²) < 4.78 is 27.6. The minimum atomic E-state index is -3.82. The molecule has 2 aromatic carbocycles. The van der Waals surface area contributed by atoms with Crippen LogP contribution in [0.15, 0.2) is 59.6 Å². The largest absolute Gasteiger partial charge is 0.263 e. The van der Waals surface area contributed by atoms with Crippen molar-refractivity contribution in [3.63, 3.8) is 0 Å². The highest BCUT2D eigenvalue weighted by Gasteiger charge is 2.19. The molecule has 0 saturated carbocycles. The van der Waals surface area contributed by atoms with E-state index in [0.717, 1.165) is 5.39 Å². The fraction of sp³-hybridized carbons (Fsp3) is 0. The summed E-state index contributed by atoms with van der Waals surface area (Å²) in [6, 6.07) is 13.7. The van der Waals surface area contributed by atoms with Crippen molar-refractivity contribution < 1.29 is 8.42 Å². The fourth-order valence-electron chi connectivity index (χ4n) is 2.10. The first kappa shape index (κ1) is 15.1. The number of hydrogen-bond acceptors (Lipinski definition) is 3. The maximum Gasteiger partial charge on any atom is 0.263 e. The summed E-state index contributed by atoms with van der Waals surface area (Å²) in [6.07, 6.45) is 1.33. The fourth-order valence-corrected chi connectivity index (χ4v) is 3.85. The van der Waals surface area contributed by atoms with Gasteiger partial charge in [-0.2, -0.15) is 0 Å². The summed E-state index contributed by atoms with van der Waals surface area (Å²) in [6.45, 7) is 0. The van der Waals surface area contributed by atoms with Crippen molar-refractivity contribution in [1.29, 1.82) is 0 Å². The summed E-state index contributed by atoms with van der Waals surface area (Å²) >= 11 is 11.7. The Kier molecular flexibility index (Phi) is 3.95. The lowest BCUT2D eigenvalue weighted by Crippen LogP contribution is -2.14. The Morgan fingerprint density at radius 2 is 1.73 bits per heavy atom. The van der Waals surface area contributed by atoms with Crippen LogP contribution in [0.3, 0.4) is 0 Å². The molecule has 22 heavy (non-hydrogen) atoms. The molecule has 1 heterocycles. The van der Waals surface area contributed by atoms with Gasteiger partial charge in [-0.1, -0.05) is 59.6 Å². The topological polar surface area (TPSA) is 59.1 Å². The minimum absolute atomic E-state index is 0.0407. The van der Waals surface area contributed by atoms with Crippen LogP contribution in [0, 0.1) is 0 Å². The summed E-state index contributed by atoms with van der Waals surface area (Å²) in [5, 5.41) is 1.93. The van der Waals surface area contributed by atoms with Crippen molar-refractivity contribution in [3.8, 4) is 0 Å². The number of nitrogens with one attached hydrogen (secondary N) is 1. The molecule has 7 heteroatoms. The number of halogens is 2. The molecule has 3 rings (SSSR count). The predicted molar refractivity (Wildman–Crippen MR) is 89.0 cm³/mol. The van der Waals surface area contributed by atoms with E-state index >= 15 is 0 Å². The van der Waals surface area contributed by atoms with Crippen LogP contribution in [-0.2, 0) is 10.0 Å². The summed E-state index contributed by atoms with van der Waals surface area (Å²) in [4.78, 5) is 4.08. The minimum Gasteiger partial charge on any atom is -0.262 e. The molecule has 0 spiro atoms. The van der Waals surface area contributed by atoms with Crippen LogP contribution in [0.5, 0.6) is 0 Å². The molecule has 0 unspecified atom stereocenters. The molecule has 0 fully saturated rings. The maximum absolute atomic E-state index is 12.6. The normalized spacial score (nSPS) is 11.5. The number of pyridine rings is 1. The third-order valence-electron chi connectivity index (χ3n) is 3.08. The molecule has 0 atom stereocenters. The molecule has 1 aromatic heterocycles. The average Bonchev–Trinajstić information content (AvgIpc) is 2.49. The first-order valence-electron chi connectivity index (χ1n) is 6.29. The third kappa shape index (κ3) is 2.88. The highest BCUT2D eigenvalue weighted by atomic mass is 35.5. The van der Waals surface area contributed by atoms with Crippen molar-refractivity contribution >= 4 is 49.8 Å². The number of benzene rings is 2. The second-order valence-electron chi connectivity index (χ2n) is 4.57. The Morgan fingerprint density at radius 1 is 1.00 bits per heavy atom. The van der Waals surface area contributed by atoms with Crippen LogP contribution >= 0.6 is 23.2 Å². The number of anilines is 1. The van der Waals surface area contributed by atoms with Crippen molar-refractivity contribution in [2.45, 2.75) is 4.90 Å². The van der Waals surface area contributed by atoms with E-state index in [1.165, 1.54) is 18.3 Å². The van der Waals surface area contributed by atoms with Gasteiger partial charge in [-0.05, 0) is 17.5 Å². The second kappa shape index (κ2) is 5.76. The number of hydrogen-bond donors (Lipinski definition) is 1. The summed E-state index contributed by atoms with van der Waals surface area (Å²) in [5.74, 6) is 0.0407. The Bertz CT molecular complexity index is 953. The van der Waals surface area contributed by atoms with Gasteiger partial charge in [0.05, 0.1) is 14.9 Å². The standard InChI is InChI=1S/C15H10Cl2N2O2S/c16-11-8-13(17)15(18-9-11)19-22(20,21)14-7-3-5-10-4-1-2-6-12(10)14/h1-9H,(H,18,19). The Hall–Kier alpha value is -1.82. The van der Waals surface area contributed by atoms with Gasteiger partial charge < -0.3 is 0 Å². The molecule has 0 bridgehead atoms. The molecule has 112 valence electrons. The number of nitrogens with zero attached hydrogens (tertiary/aromatic N) is 1. The highest BCUT2D eigenvalue weighted by molar-refractivity contribution is 7.93. The van der Waals surface area contributed by atoms with Crippen molar-refractivity contribution in [2.75, 3.05) is 4.72 Å². The number of sulfonamides is 1. The van der Waals surface area contributed by atoms with Gasteiger partial charge >= 0.3 is 0 Å². The zero-order chi connectivity index (χ0) is 15.7. The smallest absolute Gasteiger partial charge is 0.262 e. The van der Waals surface area contributed by atoms with Crippen LogP contribution in [0.4, 0.5) is 5.82 Å². The first-order valence-corrected chi connectivity index (χ1v) is 8.53. The maximum atomic E-state index is 12.6. The van der Waals surface area contributed by atoms with E-state index in [0.29, 0.717) is 10.4 Å². The van der Waals surface area contributed by atoms with Crippen LogP contribution < -0.4 is 4.72 Å². The van der Waals surface area contributed by atoms with Crippen molar-refractivity contribution in [1.82, 2.24) is 4.98 Å². The van der Waals surface area contributed by atoms with Crippen LogP contribution in [0.1, 0.15) is 0 Å². The van der Waals surface area contributed by atoms with Crippen molar-refractivity contribution in [3.05, 3.63) is 64.8 Å². The lowest BCUT2D eigenvalue weighted by atomic mass is 10.1. The second-order valence-corrected chi connectivity index (χ2v) is 7.06. The van der Waals surface area contributed by atoms with Gasteiger partial charge in [0.1, 0.15) is 0 Å². The van der Waals surface area contributed by atoms with E-state index < -0.39 is 10.0 Å². The Morgan fingerprint density at radius 3 is 2.50 bits per heavy atom.